The SMILES string of the molecule is Cc1ccc(-c2noc(N3CCC(F)(F)CC3)n2)cc1NC(=O)c1cnc2ccccn12. The third-order valence-electron chi connectivity index (χ3n) is 5.57. The van der Waals surface area contributed by atoms with E-state index in [2.05, 4.69) is 20.4 Å². The molecule has 1 aliphatic rings. The summed E-state index contributed by atoms with van der Waals surface area (Å²) in [5.41, 5.74) is 3.19. The predicted molar refractivity (Wildman–Crippen MR) is 114 cm³/mol. The maximum Gasteiger partial charge on any atom is 0.324 e. The van der Waals surface area contributed by atoms with Crippen LogP contribution in [0.15, 0.2) is 53.3 Å². The number of fused-ring (bicyclic) bond motifs is 1. The number of hydrogen-bond donors (Lipinski definition) is 1. The number of anilines is 2. The lowest BCUT2D eigenvalue weighted by Gasteiger charge is -2.29. The van der Waals surface area contributed by atoms with Gasteiger partial charge in [-0.05, 0) is 30.7 Å². The van der Waals surface area contributed by atoms with Crippen molar-refractivity contribution in [2.75, 3.05) is 23.3 Å². The predicted octanol–water partition coefficient (Wildman–Crippen LogP) is 4.18. The monoisotopic (exact) mass is 438 g/mol. The fourth-order valence-electron chi connectivity index (χ4n) is 3.67. The number of hydrogen-bond acceptors (Lipinski definition) is 6. The maximum absolute atomic E-state index is 13.4. The quantitative estimate of drug-likeness (QED) is 0.514. The number of imidazole rings is 1. The number of alkyl halides is 2. The molecule has 5 rings (SSSR count). The number of rotatable bonds is 4. The summed E-state index contributed by atoms with van der Waals surface area (Å²) in [4.78, 5) is 23.1. The summed E-state index contributed by atoms with van der Waals surface area (Å²) < 4.78 is 33.8. The summed E-state index contributed by atoms with van der Waals surface area (Å²) in [7, 11) is 0. The van der Waals surface area contributed by atoms with E-state index in [4.69, 9.17) is 4.52 Å². The van der Waals surface area contributed by atoms with E-state index >= 15 is 0 Å². The molecule has 0 unspecified atom stereocenters. The van der Waals surface area contributed by atoms with Crippen LogP contribution in [0.4, 0.5) is 20.5 Å². The second-order valence-electron chi connectivity index (χ2n) is 7.80. The number of nitrogens with one attached hydrogen (secondary N) is 1. The molecule has 1 saturated heterocycles. The minimum absolute atomic E-state index is 0.156. The summed E-state index contributed by atoms with van der Waals surface area (Å²) >= 11 is 0. The number of pyridine rings is 1. The number of amides is 1. The second kappa shape index (κ2) is 7.70. The molecule has 1 fully saturated rings. The largest absolute Gasteiger partial charge is 0.324 e. The van der Waals surface area contributed by atoms with E-state index < -0.39 is 5.92 Å². The van der Waals surface area contributed by atoms with Gasteiger partial charge >= 0.3 is 6.01 Å². The number of benzene rings is 1. The molecule has 164 valence electrons. The van der Waals surface area contributed by atoms with E-state index in [0.717, 1.165) is 5.56 Å². The minimum Gasteiger partial charge on any atom is -0.324 e. The van der Waals surface area contributed by atoms with Gasteiger partial charge in [0.15, 0.2) is 0 Å². The first-order valence-electron chi connectivity index (χ1n) is 10.2. The zero-order valence-electron chi connectivity index (χ0n) is 17.3. The molecule has 0 bridgehead atoms. The number of nitrogens with zero attached hydrogens (tertiary/aromatic N) is 5. The fraction of sp³-hybridized carbons (Fsp3) is 0.273. The summed E-state index contributed by atoms with van der Waals surface area (Å²) in [6.07, 6.45) is 2.82. The number of carbonyl (C=O) groups excluding carboxylic acids is 1. The van der Waals surface area contributed by atoms with Gasteiger partial charge in [0.1, 0.15) is 11.3 Å². The van der Waals surface area contributed by atoms with Gasteiger partial charge in [0.05, 0.1) is 6.20 Å². The Balaban J connectivity index is 1.36. The molecule has 0 spiro atoms. The lowest BCUT2D eigenvalue weighted by atomic mass is 10.1. The molecule has 0 saturated carbocycles. The zero-order valence-corrected chi connectivity index (χ0v) is 17.3. The molecule has 0 aliphatic carbocycles. The van der Waals surface area contributed by atoms with Crippen molar-refractivity contribution >= 4 is 23.3 Å². The van der Waals surface area contributed by atoms with Crippen molar-refractivity contribution in [1.29, 1.82) is 0 Å². The molecule has 1 aromatic carbocycles. The van der Waals surface area contributed by atoms with Crippen molar-refractivity contribution < 1.29 is 18.1 Å². The molecule has 10 heteroatoms. The van der Waals surface area contributed by atoms with Crippen LogP contribution in [-0.2, 0) is 0 Å². The number of halogens is 2. The Hall–Kier alpha value is -3.82. The number of aromatic nitrogens is 4. The highest BCUT2D eigenvalue weighted by molar-refractivity contribution is 6.04. The third kappa shape index (κ3) is 3.79. The highest BCUT2D eigenvalue weighted by atomic mass is 19.3. The Labute approximate surface area is 181 Å². The zero-order chi connectivity index (χ0) is 22.3. The summed E-state index contributed by atoms with van der Waals surface area (Å²) in [5.74, 6) is -2.63. The molecule has 1 aliphatic heterocycles. The van der Waals surface area contributed by atoms with E-state index in [1.165, 1.54) is 6.20 Å². The fourth-order valence-corrected chi connectivity index (χ4v) is 3.67. The Morgan fingerprint density at radius 2 is 2.00 bits per heavy atom. The van der Waals surface area contributed by atoms with Gasteiger partial charge in [0, 0.05) is 43.4 Å². The van der Waals surface area contributed by atoms with Crippen LogP contribution in [0.3, 0.4) is 0 Å². The Bertz CT molecular complexity index is 1290. The van der Waals surface area contributed by atoms with Crippen molar-refractivity contribution in [3.05, 3.63) is 60.0 Å². The van der Waals surface area contributed by atoms with Gasteiger partial charge in [-0.3, -0.25) is 9.20 Å². The molecule has 0 atom stereocenters. The van der Waals surface area contributed by atoms with Gasteiger partial charge in [-0.1, -0.05) is 23.4 Å². The standard InChI is InChI=1S/C22H20F2N6O2/c1-14-5-6-15(19-27-21(32-28-19)29-10-7-22(23,24)8-11-29)12-16(14)26-20(31)17-13-25-18-4-2-3-9-30(17)18/h2-6,9,12-13H,7-8,10-11H2,1H3,(H,26,31). The smallest absolute Gasteiger partial charge is 0.324 e. The lowest BCUT2D eigenvalue weighted by molar-refractivity contribution is -0.0227. The molecule has 3 aromatic heterocycles. The van der Waals surface area contributed by atoms with Crippen LogP contribution in [0.2, 0.25) is 0 Å². The Morgan fingerprint density at radius 3 is 2.81 bits per heavy atom. The van der Waals surface area contributed by atoms with Gasteiger partial charge < -0.3 is 14.7 Å². The molecule has 0 radical (unpaired) electrons. The summed E-state index contributed by atoms with van der Waals surface area (Å²) in [5, 5.41) is 6.91. The molecular weight excluding hydrogens is 418 g/mol. The Morgan fingerprint density at radius 1 is 1.19 bits per heavy atom. The molecule has 4 heterocycles. The minimum atomic E-state index is -2.65. The number of piperidine rings is 1. The van der Waals surface area contributed by atoms with E-state index in [-0.39, 0.29) is 37.9 Å². The molecule has 1 amide bonds. The lowest BCUT2D eigenvalue weighted by Crippen LogP contribution is -2.39. The highest BCUT2D eigenvalue weighted by Crippen LogP contribution is 2.31. The molecule has 8 nitrogen and oxygen atoms in total. The molecule has 32 heavy (non-hydrogen) atoms. The second-order valence-corrected chi connectivity index (χ2v) is 7.80. The summed E-state index contributed by atoms with van der Waals surface area (Å²) in [6.45, 7) is 2.19. The van der Waals surface area contributed by atoms with Crippen LogP contribution in [0, 0.1) is 6.92 Å². The van der Waals surface area contributed by atoms with Crippen LogP contribution in [-0.4, -0.2) is 44.4 Å². The third-order valence-corrected chi connectivity index (χ3v) is 5.57. The van der Waals surface area contributed by atoms with Crippen molar-refractivity contribution in [1.82, 2.24) is 19.5 Å². The van der Waals surface area contributed by atoms with Crippen LogP contribution < -0.4 is 10.2 Å². The van der Waals surface area contributed by atoms with Crippen molar-refractivity contribution in [2.45, 2.75) is 25.7 Å². The average Bonchev–Trinajstić information content (AvgIpc) is 3.43. The van der Waals surface area contributed by atoms with E-state index in [0.29, 0.717) is 28.4 Å². The molecule has 4 aromatic rings. The average molecular weight is 438 g/mol. The summed E-state index contributed by atoms with van der Waals surface area (Å²) in [6, 6.07) is 11.1. The van der Waals surface area contributed by atoms with Gasteiger partial charge in [0.25, 0.3) is 11.8 Å². The van der Waals surface area contributed by atoms with Crippen LogP contribution in [0.5, 0.6) is 0 Å². The van der Waals surface area contributed by atoms with Crippen molar-refractivity contribution in [3.63, 3.8) is 0 Å². The van der Waals surface area contributed by atoms with E-state index in [9.17, 15) is 13.6 Å². The Kier molecular flexibility index (Phi) is 4.84. The normalized spacial score (nSPS) is 15.8. The van der Waals surface area contributed by atoms with Gasteiger partial charge in [-0.25, -0.2) is 13.8 Å². The first kappa shape index (κ1) is 20.1. The van der Waals surface area contributed by atoms with Gasteiger partial charge in [-0.2, -0.15) is 4.98 Å². The van der Waals surface area contributed by atoms with Crippen LogP contribution in [0.25, 0.3) is 17.0 Å². The van der Waals surface area contributed by atoms with Crippen molar-refractivity contribution in [2.24, 2.45) is 0 Å². The van der Waals surface area contributed by atoms with E-state index in [1.807, 2.05) is 37.3 Å². The van der Waals surface area contributed by atoms with Crippen molar-refractivity contribution in [3.8, 4) is 11.4 Å². The number of aryl methyl sites for hydroxylation is 1. The first-order valence-corrected chi connectivity index (χ1v) is 10.2. The first-order chi connectivity index (χ1) is 15.4. The van der Waals surface area contributed by atoms with E-state index in [1.54, 1.807) is 21.6 Å². The van der Waals surface area contributed by atoms with Gasteiger partial charge in [0.2, 0.25) is 5.82 Å². The molecule has 1 N–H and O–H groups in total. The number of carbonyl (C=O) groups is 1. The topological polar surface area (TPSA) is 88.6 Å². The van der Waals surface area contributed by atoms with Crippen LogP contribution >= 0.6 is 0 Å². The molecular formula is C22H20F2N6O2. The maximum atomic E-state index is 13.4. The van der Waals surface area contributed by atoms with Crippen LogP contribution in [0.1, 0.15) is 28.9 Å². The van der Waals surface area contributed by atoms with Gasteiger partial charge in [-0.15, -0.1) is 0 Å². The highest BCUT2D eigenvalue weighted by Gasteiger charge is 2.35.